The molecule has 0 amide bonds. The van der Waals surface area contributed by atoms with Gasteiger partial charge in [0.05, 0.1) is 5.39 Å². The number of rotatable bonds is 3. The molecule has 1 aromatic heterocycles. The van der Waals surface area contributed by atoms with E-state index in [0.717, 1.165) is 30.3 Å². The number of alkyl halides is 3. The van der Waals surface area contributed by atoms with Gasteiger partial charge in [-0.2, -0.15) is 13.2 Å². The molecule has 3 aromatic rings. The third-order valence-electron chi connectivity index (χ3n) is 3.72. The van der Waals surface area contributed by atoms with Crippen LogP contribution < -0.4 is 10.2 Å². The molecule has 0 spiro atoms. The van der Waals surface area contributed by atoms with Gasteiger partial charge in [-0.05, 0) is 42.3 Å². The van der Waals surface area contributed by atoms with Gasteiger partial charge in [0.1, 0.15) is 22.9 Å². The number of benzene rings is 2. The lowest BCUT2D eigenvalue weighted by atomic mass is 10.1. The quantitative estimate of drug-likeness (QED) is 0.660. The van der Waals surface area contributed by atoms with Crippen molar-refractivity contribution < 1.29 is 31.8 Å². The summed E-state index contributed by atoms with van der Waals surface area (Å²) in [5, 5.41) is 9.65. The van der Waals surface area contributed by atoms with Crippen molar-refractivity contribution in [2.75, 3.05) is 0 Å². The second-order valence-electron chi connectivity index (χ2n) is 5.47. The molecule has 1 N–H and O–H groups in total. The van der Waals surface area contributed by atoms with Gasteiger partial charge in [-0.3, -0.25) is 4.79 Å². The van der Waals surface area contributed by atoms with Gasteiger partial charge >= 0.3 is 6.18 Å². The molecule has 0 saturated carbocycles. The first-order valence-electron chi connectivity index (χ1n) is 7.54. The smallest absolute Gasteiger partial charge is 0.453 e. The second-order valence-corrected chi connectivity index (χ2v) is 5.47. The lowest BCUT2D eigenvalue weighted by Crippen LogP contribution is -2.15. The summed E-state index contributed by atoms with van der Waals surface area (Å²) < 4.78 is 62.9. The van der Waals surface area contributed by atoms with E-state index in [9.17, 15) is 27.5 Å². The van der Waals surface area contributed by atoms with Crippen LogP contribution in [-0.4, -0.2) is 5.11 Å². The van der Waals surface area contributed by atoms with Crippen LogP contribution in [0.4, 0.5) is 17.6 Å². The molecule has 0 unspecified atom stereocenters. The molecule has 0 saturated heterocycles. The van der Waals surface area contributed by atoms with E-state index in [2.05, 4.69) is 0 Å². The standard InChI is InChI=1S/C18H12F4O4/c1-2-9-7-12-14(8-13(9)23)26-17(18(20,21)22)16(15(12)24)25-11-5-3-10(19)4-6-11/h3-8,23H,2H2,1H3. The SMILES string of the molecule is CCc1cc2c(=O)c(Oc3ccc(F)cc3)c(C(F)(F)F)oc2cc1O. The number of phenolic OH excluding ortho intramolecular Hbond substituents is 1. The first-order valence-corrected chi connectivity index (χ1v) is 7.54. The molecule has 26 heavy (non-hydrogen) atoms. The number of ether oxygens (including phenoxy) is 1. The highest BCUT2D eigenvalue weighted by atomic mass is 19.4. The molecule has 0 aliphatic heterocycles. The highest BCUT2D eigenvalue weighted by Gasteiger charge is 2.40. The lowest BCUT2D eigenvalue weighted by molar-refractivity contribution is -0.154. The first kappa shape index (κ1) is 17.8. The minimum absolute atomic E-state index is 0.155. The van der Waals surface area contributed by atoms with Crippen LogP contribution in [0.3, 0.4) is 0 Å². The van der Waals surface area contributed by atoms with Crippen LogP contribution in [0.5, 0.6) is 17.2 Å². The predicted molar refractivity (Wildman–Crippen MR) is 85.0 cm³/mol. The van der Waals surface area contributed by atoms with Crippen LogP contribution in [0.25, 0.3) is 11.0 Å². The molecule has 0 aliphatic carbocycles. The molecular formula is C18H12F4O4. The number of hydrogen-bond acceptors (Lipinski definition) is 4. The van der Waals surface area contributed by atoms with Crippen molar-refractivity contribution >= 4 is 11.0 Å². The molecule has 3 rings (SSSR count). The Hall–Kier alpha value is -3.03. The van der Waals surface area contributed by atoms with Gasteiger partial charge in [-0.15, -0.1) is 0 Å². The maximum atomic E-state index is 13.3. The van der Waals surface area contributed by atoms with Crippen LogP contribution in [0.1, 0.15) is 18.2 Å². The maximum Gasteiger partial charge on any atom is 0.453 e. The van der Waals surface area contributed by atoms with Crippen molar-refractivity contribution in [2.24, 2.45) is 0 Å². The van der Waals surface area contributed by atoms with Gasteiger partial charge in [-0.1, -0.05) is 6.92 Å². The van der Waals surface area contributed by atoms with E-state index in [0.29, 0.717) is 12.0 Å². The Morgan fingerprint density at radius 1 is 1.15 bits per heavy atom. The highest BCUT2D eigenvalue weighted by Crippen LogP contribution is 2.39. The number of halogens is 4. The summed E-state index contributed by atoms with van der Waals surface area (Å²) in [6.45, 7) is 1.71. The topological polar surface area (TPSA) is 59.7 Å². The van der Waals surface area contributed by atoms with Crippen molar-refractivity contribution in [1.29, 1.82) is 0 Å². The molecule has 0 bridgehead atoms. The van der Waals surface area contributed by atoms with Crippen LogP contribution in [-0.2, 0) is 12.6 Å². The zero-order chi connectivity index (χ0) is 19.1. The largest absolute Gasteiger partial charge is 0.508 e. The third-order valence-corrected chi connectivity index (χ3v) is 3.72. The fourth-order valence-electron chi connectivity index (χ4n) is 2.44. The van der Waals surface area contributed by atoms with Gasteiger partial charge in [0.15, 0.2) is 0 Å². The second kappa shape index (κ2) is 6.36. The predicted octanol–water partition coefficient (Wildman–Crippen LogP) is 5.01. The number of phenols is 1. The Kier molecular flexibility index (Phi) is 4.35. The zero-order valence-electron chi connectivity index (χ0n) is 13.4. The summed E-state index contributed by atoms with van der Waals surface area (Å²) in [7, 11) is 0. The van der Waals surface area contributed by atoms with Crippen LogP contribution in [0.15, 0.2) is 45.6 Å². The lowest BCUT2D eigenvalue weighted by Gasteiger charge is -2.14. The number of aryl methyl sites for hydroxylation is 1. The summed E-state index contributed by atoms with van der Waals surface area (Å²) in [4.78, 5) is 12.6. The van der Waals surface area contributed by atoms with Crippen molar-refractivity contribution in [3.8, 4) is 17.2 Å². The Bertz CT molecular complexity index is 1020. The monoisotopic (exact) mass is 368 g/mol. The molecule has 0 fully saturated rings. The summed E-state index contributed by atoms with van der Waals surface area (Å²) >= 11 is 0. The molecule has 136 valence electrons. The number of fused-ring (bicyclic) bond motifs is 1. The Morgan fingerprint density at radius 2 is 1.81 bits per heavy atom. The van der Waals surface area contributed by atoms with E-state index in [1.54, 1.807) is 6.92 Å². The van der Waals surface area contributed by atoms with Crippen molar-refractivity contribution in [3.05, 3.63) is 63.8 Å². The minimum atomic E-state index is -5.01. The molecule has 0 radical (unpaired) electrons. The number of hydrogen-bond donors (Lipinski definition) is 1. The minimum Gasteiger partial charge on any atom is -0.508 e. The molecule has 4 nitrogen and oxygen atoms in total. The average molecular weight is 368 g/mol. The Labute approximate surface area is 144 Å². The Balaban J connectivity index is 2.27. The molecule has 0 atom stereocenters. The van der Waals surface area contributed by atoms with Crippen LogP contribution >= 0.6 is 0 Å². The molecular weight excluding hydrogens is 356 g/mol. The maximum absolute atomic E-state index is 13.3. The summed E-state index contributed by atoms with van der Waals surface area (Å²) in [5.74, 6) is -3.73. The average Bonchev–Trinajstić information content (AvgIpc) is 2.57. The van der Waals surface area contributed by atoms with Crippen molar-refractivity contribution in [3.63, 3.8) is 0 Å². The van der Waals surface area contributed by atoms with E-state index in [-0.39, 0.29) is 16.9 Å². The van der Waals surface area contributed by atoms with Crippen LogP contribution in [0, 0.1) is 5.82 Å². The van der Waals surface area contributed by atoms with E-state index in [1.807, 2.05) is 0 Å². The van der Waals surface area contributed by atoms with Gasteiger partial charge in [0, 0.05) is 6.07 Å². The first-order chi connectivity index (χ1) is 12.2. The highest BCUT2D eigenvalue weighted by molar-refractivity contribution is 5.81. The van der Waals surface area contributed by atoms with Crippen LogP contribution in [0.2, 0.25) is 0 Å². The van der Waals surface area contributed by atoms with Gasteiger partial charge < -0.3 is 14.3 Å². The molecule has 0 aliphatic rings. The fraction of sp³-hybridized carbons (Fsp3) is 0.167. The van der Waals surface area contributed by atoms with E-state index >= 15 is 0 Å². The Morgan fingerprint density at radius 3 is 2.38 bits per heavy atom. The third kappa shape index (κ3) is 3.22. The summed E-state index contributed by atoms with van der Waals surface area (Å²) in [6.07, 6.45) is -4.65. The van der Waals surface area contributed by atoms with E-state index < -0.39 is 34.5 Å². The van der Waals surface area contributed by atoms with Gasteiger partial charge in [0.25, 0.3) is 5.76 Å². The van der Waals surface area contributed by atoms with Crippen molar-refractivity contribution in [1.82, 2.24) is 0 Å². The molecule has 1 heterocycles. The van der Waals surface area contributed by atoms with Crippen molar-refractivity contribution in [2.45, 2.75) is 19.5 Å². The number of aromatic hydroxyl groups is 1. The summed E-state index contributed by atoms with van der Waals surface area (Å²) in [5.41, 5.74) is -1.08. The molecule has 8 heteroatoms. The zero-order valence-corrected chi connectivity index (χ0v) is 13.4. The summed E-state index contributed by atoms with van der Waals surface area (Å²) in [6, 6.07) is 6.37. The van der Waals surface area contributed by atoms with E-state index in [1.165, 1.54) is 6.07 Å². The fourth-order valence-corrected chi connectivity index (χ4v) is 2.44. The van der Waals surface area contributed by atoms with Gasteiger partial charge in [0.2, 0.25) is 11.2 Å². The van der Waals surface area contributed by atoms with E-state index in [4.69, 9.17) is 9.15 Å². The molecule has 2 aromatic carbocycles. The normalized spacial score (nSPS) is 11.7. The van der Waals surface area contributed by atoms with Gasteiger partial charge in [-0.25, -0.2) is 4.39 Å².